The number of aromatic nitrogens is 2. The Kier molecular flexibility index (Phi) is 3.03. The molecule has 0 bridgehead atoms. The molecule has 0 fully saturated rings. The Hall–Kier alpha value is -2.17. The lowest BCUT2D eigenvalue weighted by Crippen LogP contribution is -2.03. The maximum Gasteiger partial charge on any atom is 0.198 e. The van der Waals surface area contributed by atoms with E-state index < -0.39 is 6.29 Å². The fraction of sp³-hybridized carbons (Fsp3) is 0.133. The first-order chi connectivity index (χ1) is 9.25. The Labute approximate surface area is 110 Å². The van der Waals surface area contributed by atoms with Crippen LogP contribution in [0, 0.1) is 0 Å². The summed E-state index contributed by atoms with van der Waals surface area (Å²) in [6, 6.07) is 17.5. The molecule has 0 spiro atoms. The number of hydrogen-bond acceptors (Lipinski definition) is 3. The van der Waals surface area contributed by atoms with Crippen molar-refractivity contribution in [2.45, 2.75) is 12.8 Å². The quantitative estimate of drug-likeness (QED) is 0.703. The van der Waals surface area contributed by atoms with Crippen LogP contribution in [0.2, 0.25) is 0 Å². The average molecular weight is 254 g/mol. The summed E-state index contributed by atoms with van der Waals surface area (Å²) in [7, 11) is 0. The molecule has 19 heavy (non-hydrogen) atoms. The third-order valence-corrected chi connectivity index (χ3v) is 3.11. The molecule has 0 saturated heterocycles. The van der Waals surface area contributed by atoms with Crippen LogP contribution in [0.1, 0.15) is 17.5 Å². The van der Waals surface area contributed by atoms with Crippen LogP contribution in [-0.4, -0.2) is 20.0 Å². The molecular weight excluding hydrogens is 240 g/mol. The molecule has 2 N–H and O–H groups in total. The van der Waals surface area contributed by atoms with Crippen molar-refractivity contribution in [3.8, 4) is 0 Å². The summed E-state index contributed by atoms with van der Waals surface area (Å²) in [5.41, 5.74) is 2.32. The number of fused-ring (bicyclic) bond motifs is 1. The summed E-state index contributed by atoms with van der Waals surface area (Å²) >= 11 is 0. The van der Waals surface area contributed by atoms with Gasteiger partial charge in [-0.25, -0.2) is 0 Å². The van der Waals surface area contributed by atoms with E-state index in [0.29, 0.717) is 12.2 Å². The molecule has 0 aliphatic carbocycles. The van der Waals surface area contributed by atoms with Crippen molar-refractivity contribution in [2.75, 3.05) is 0 Å². The number of aliphatic hydroxyl groups excluding tert-OH is 1. The van der Waals surface area contributed by atoms with Gasteiger partial charge in [-0.05, 0) is 11.6 Å². The number of benzene rings is 2. The van der Waals surface area contributed by atoms with Gasteiger partial charge in [0, 0.05) is 5.39 Å². The zero-order chi connectivity index (χ0) is 13.2. The lowest BCUT2D eigenvalue weighted by atomic mass is 10.2. The van der Waals surface area contributed by atoms with Crippen molar-refractivity contribution in [1.82, 2.24) is 9.78 Å². The minimum absolute atomic E-state index is 0.298. The topological polar surface area (TPSA) is 58.3 Å². The molecule has 96 valence electrons. The maximum absolute atomic E-state index is 9.38. The highest BCUT2D eigenvalue weighted by Crippen LogP contribution is 2.23. The highest BCUT2D eigenvalue weighted by Gasteiger charge is 2.15. The molecule has 0 radical (unpaired) electrons. The van der Waals surface area contributed by atoms with E-state index in [1.807, 2.05) is 54.6 Å². The predicted octanol–water partition coefficient (Wildman–Crippen LogP) is 2.07. The molecule has 3 aromatic rings. The van der Waals surface area contributed by atoms with E-state index in [0.717, 1.165) is 16.5 Å². The van der Waals surface area contributed by atoms with Crippen molar-refractivity contribution < 1.29 is 10.2 Å². The molecule has 0 unspecified atom stereocenters. The lowest BCUT2D eigenvalue weighted by molar-refractivity contribution is -0.0451. The van der Waals surface area contributed by atoms with Crippen LogP contribution in [0.25, 0.3) is 10.9 Å². The van der Waals surface area contributed by atoms with Crippen LogP contribution in [0.5, 0.6) is 0 Å². The molecule has 1 aromatic heterocycles. The third-order valence-electron chi connectivity index (χ3n) is 3.11. The van der Waals surface area contributed by atoms with Crippen LogP contribution >= 0.6 is 0 Å². The van der Waals surface area contributed by atoms with Crippen LogP contribution in [0.15, 0.2) is 54.6 Å². The zero-order valence-corrected chi connectivity index (χ0v) is 10.3. The van der Waals surface area contributed by atoms with Crippen LogP contribution in [-0.2, 0) is 6.54 Å². The van der Waals surface area contributed by atoms with Gasteiger partial charge in [0.25, 0.3) is 0 Å². The van der Waals surface area contributed by atoms with E-state index in [1.54, 1.807) is 4.68 Å². The van der Waals surface area contributed by atoms with Crippen molar-refractivity contribution >= 4 is 10.9 Å². The second-order valence-corrected chi connectivity index (χ2v) is 4.42. The van der Waals surface area contributed by atoms with Gasteiger partial charge in [0.05, 0.1) is 12.1 Å². The van der Waals surface area contributed by atoms with E-state index in [9.17, 15) is 10.2 Å². The fourth-order valence-corrected chi connectivity index (χ4v) is 2.22. The fourth-order valence-electron chi connectivity index (χ4n) is 2.22. The normalized spacial score (nSPS) is 11.3. The van der Waals surface area contributed by atoms with E-state index in [-0.39, 0.29) is 0 Å². The predicted molar refractivity (Wildman–Crippen MR) is 72.5 cm³/mol. The van der Waals surface area contributed by atoms with Gasteiger partial charge in [-0.15, -0.1) is 0 Å². The first-order valence-corrected chi connectivity index (χ1v) is 6.11. The van der Waals surface area contributed by atoms with E-state index in [4.69, 9.17) is 0 Å². The molecule has 1 heterocycles. The Bertz CT molecular complexity index is 690. The molecule has 0 atom stereocenters. The van der Waals surface area contributed by atoms with Crippen molar-refractivity contribution in [3.05, 3.63) is 65.9 Å². The van der Waals surface area contributed by atoms with E-state index >= 15 is 0 Å². The average Bonchev–Trinajstić information content (AvgIpc) is 2.79. The lowest BCUT2D eigenvalue weighted by Gasteiger charge is -2.03. The summed E-state index contributed by atoms with van der Waals surface area (Å²) in [5, 5.41) is 23.8. The van der Waals surface area contributed by atoms with Crippen molar-refractivity contribution in [2.24, 2.45) is 0 Å². The highest BCUT2D eigenvalue weighted by molar-refractivity contribution is 5.82. The Balaban J connectivity index is 2.09. The SMILES string of the molecule is OC(O)c1nn(Cc2ccccc2)c2ccccc12. The number of para-hydroxylation sites is 1. The van der Waals surface area contributed by atoms with Gasteiger partial charge in [0.1, 0.15) is 5.69 Å². The van der Waals surface area contributed by atoms with Gasteiger partial charge in [0.2, 0.25) is 0 Å². The minimum atomic E-state index is -1.55. The maximum atomic E-state index is 9.38. The standard InChI is InChI=1S/C15H14N2O2/c18-15(19)14-12-8-4-5-9-13(12)17(16-14)10-11-6-2-1-3-7-11/h1-9,15,18-19H,10H2. The Morgan fingerprint density at radius 2 is 1.63 bits per heavy atom. The zero-order valence-electron chi connectivity index (χ0n) is 10.3. The first-order valence-electron chi connectivity index (χ1n) is 6.11. The molecule has 0 aliphatic rings. The summed E-state index contributed by atoms with van der Waals surface area (Å²) in [6.07, 6.45) is -1.55. The van der Waals surface area contributed by atoms with Crippen molar-refractivity contribution in [3.63, 3.8) is 0 Å². The number of rotatable bonds is 3. The number of nitrogens with zero attached hydrogens (tertiary/aromatic N) is 2. The smallest absolute Gasteiger partial charge is 0.198 e. The molecule has 4 heteroatoms. The molecule has 2 aromatic carbocycles. The Morgan fingerprint density at radius 1 is 0.947 bits per heavy atom. The molecular formula is C15H14N2O2. The number of hydrogen-bond donors (Lipinski definition) is 2. The molecule has 0 aliphatic heterocycles. The van der Waals surface area contributed by atoms with E-state index in [1.165, 1.54) is 0 Å². The minimum Gasteiger partial charge on any atom is -0.363 e. The van der Waals surface area contributed by atoms with E-state index in [2.05, 4.69) is 5.10 Å². The second kappa shape index (κ2) is 4.84. The van der Waals surface area contributed by atoms with Gasteiger partial charge < -0.3 is 10.2 Å². The van der Waals surface area contributed by atoms with Crippen LogP contribution in [0.4, 0.5) is 0 Å². The summed E-state index contributed by atoms with van der Waals surface area (Å²) in [6.45, 7) is 0.605. The second-order valence-electron chi connectivity index (χ2n) is 4.42. The summed E-state index contributed by atoms with van der Waals surface area (Å²) < 4.78 is 1.79. The van der Waals surface area contributed by atoms with Gasteiger partial charge in [-0.2, -0.15) is 5.10 Å². The van der Waals surface area contributed by atoms with Gasteiger partial charge in [-0.3, -0.25) is 4.68 Å². The first kappa shape index (κ1) is 11.9. The summed E-state index contributed by atoms with van der Waals surface area (Å²) in [5.74, 6) is 0. The van der Waals surface area contributed by atoms with Gasteiger partial charge >= 0.3 is 0 Å². The highest BCUT2D eigenvalue weighted by atomic mass is 16.5. The number of aliphatic hydroxyl groups is 2. The molecule has 0 amide bonds. The van der Waals surface area contributed by atoms with Gasteiger partial charge in [0.15, 0.2) is 6.29 Å². The third kappa shape index (κ3) is 2.23. The van der Waals surface area contributed by atoms with Crippen LogP contribution in [0.3, 0.4) is 0 Å². The molecule has 0 saturated carbocycles. The van der Waals surface area contributed by atoms with Gasteiger partial charge in [-0.1, -0.05) is 48.5 Å². The van der Waals surface area contributed by atoms with Crippen LogP contribution < -0.4 is 0 Å². The molecule has 3 rings (SSSR count). The van der Waals surface area contributed by atoms with Crippen molar-refractivity contribution in [1.29, 1.82) is 0 Å². The largest absolute Gasteiger partial charge is 0.363 e. The Morgan fingerprint density at radius 3 is 2.37 bits per heavy atom. The molecule has 4 nitrogen and oxygen atoms in total. The summed E-state index contributed by atoms with van der Waals surface area (Å²) in [4.78, 5) is 0. The monoisotopic (exact) mass is 254 g/mol.